The number of hydrogen-bond donors (Lipinski definition) is 0. The molecule has 0 amide bonds. The summed E-state index contributed by atoms with van der Waals surface area (Å²) in [6.45, 7) is 2.84. The van der Waals surface area contributed by atoms with Crippen LogP contribution in [0.1, 0.15) is 24.2 Å². The maximum atomic E-state index is 12.1. The lowest BCUT2D eigenvalue weighted by atomic mass is 9.97. The summed E-state index contributed by atoms with van der Waals surface area (Å²) in [6.07, 6.45) is 0. The van der Waals surface area contributed by atoms with Crippen molar-refractivity contribution in [2.24, 2.45) is 5.92 Å². The minimum Gasteiger partial charge on any atom is -0.422 e. The number of hydrogen-bond acceptors (Lipinski definition) is 5. The van der Waals surface area contributed by atoms with Crippen LogP contribution in [0.15, 0.2) is 24.3 Å². The van der Waals surface area contributed by atoms with Crippen LogP contribution in [0.4, 0.5) is 0 Å². The summed E-state index contributed by atoms with van der Waals surface area (Å²) in [7, 11) is 0. The Hall–Kier alpha value is -1.88. The third-order valence-electron chi connectivity index (χ3n) is 2.56. The highest BCUT2D eigenvalue weighted by Gasteiger charge is 2.47. The summed E-state index contributed by atoms with van der Waals surface area (Å²) in [5, 5.41) is 0.450. The van der Waals surface area contributed by atoms with Gasteiger partial charge in [0.15, 0.2) is 5.78 Å². The predicted molar refractivity (Wildman–Crippen MR) is 65.5 cm³/mol. The molecule has 1 aliphatic heterocycles. The molecule has 1 aromatic carbocycles. The van der Waals surface area contributed by atoms with Crippen molar-refractivity contribution in [3.8, 4) is 0 Å². The summed E-state index contributed by atoms with van der Waals surface area (Å²) in [5.74, 6) is -5.39. The molecule has 0 unspecified atom stereocenters. The van der Waals surface area contributed by atoms with Gasteiger partial charge in [-0.1, -0.05) is 11.6 Å². The van der Waals surface area contributed by atoms with E-state index in [0.717, 1.165) is 0 Å². The number of esters is 2. The maximum Gasteiger partial charge on any atom is 0.331 e. The van der Waals surface area contributed by atoms with Crippen molar-refractivity contribution in [2.75, 3.05) is 0 Å². The molecule has 0 atom stereocenters. The molecule has 2 rings (SSSR count). The van der Waals surface area contributed by atoms with E-state index in [4.69, 9.17) is 21.1 Å². The van der Waals surface area contributed by atoms with Gasteiger partial charge in [0.25, 0.3) is 5.79 Å². The summed E-state index contributed by atoms with van der Waals surface area (Å²) in [6, 6.07) is 5.87. The van der Waals surface area contributed by atoms with Crippen LogP contribution in [0.25, 0.3) is 0 Å². The van der Waals surface area contributed by atoms with Crippen molar-refractivity contribution in [2.45, 2.75) is 19.6 Å². The number of halogens is 1. The van der Waals surface area contributed by atoms with E-state index in [-0.39, 0.29) is 5.56 Å². The van der Waals surface area contributed by atoms with Gasteiger partial charge in [-0.05, 0) is 24.3 Å². The first-order valence-corrected chi connectivity index (χ1v) is 5.93. The average Bonchev–Trinajstić information content (AvgIpc) is 2.26. The second kappa shape index (κ2) is 4.66. The van der Waals surface area contributed by atoms with E-state index in [0.29, 0.717) is 5.02 Å². The van der Waals surface area contributed by atoms with Crippen LogP contribution in [0.2, 0.25) is 5.02 Å². The van der Waals surface area contributed by atoms with Gasteiger partial charge < -0.3 is 9.47 Å². The summed E-state index contributed by atoms with van der Waals surface area (Å²) >= 11 is 5.70. The zero-order chi connectivity index (χ0) is 14.2. The van der Waals surface area contributed by atoms with E-state index in [1.165, 1.54) is 38.1 Å². The summed E-state index contributed by atoms with van der Waals surface area (Å²) in [4.78, 5) is 35.6. The van der Waals surface area contributed by atoms with Crippen LogP contribution in [0, 0.1) is 5.92 Å². The van der Waals surface area contributed by atoms with Crippen molar-refractivity contribution < 1.29 is 23.9 Å². The topological polar surface area (TPSA) is 69.7 Å². The maximum absolute atomic E-state index is 12.1. The largest absolute Gasteiger partial charge is 0.422 e. The molecule has 0 bridgehead atoms. The molecule has 6 heteroatoms. The molecule has 0 radical (unpaired) electrons. The van der Waals surface area contributed by atoms with Gasteiger partial charge in [-0.25, -0.2) is 0 Å². The smallest absolute Gasteiger partial charge is 0.331 e. The number of ether oxygens (including phenoxy) is 2. The van der Waals surface area contributed by atoms with E-state index in [1.54, 1.807) is 0 Å². The molecule has 0 aliphatic carbocycles. The molecule has 0 aromatic heterocycles. The molecular weight excluding hydrogens is 272 g/mol. The first-order valence-electron chi connectivity index (χ1n) is 5.56. The first kappa shape index (κ1) is 13.5. The number of ketones is 1. The van der Waals surface area contributed by atoms with Crippen molar-refractivity contribution in [1.29, 1.82) is 0 Å². The molecule has 1 aromatic rings. The van der Waals surface area contributed by atoms with Gasteiger partial charge in [-0.3, -0.25) is 14.4 Å². The van der Waals surface area contributed by atoms with E-state index >= 15 is 0 Å². The first-order chi connectivity index (χ1) is 8.80. The highest BCUT2D eigenvalue weighted by Crippen LogP contribution is 2.25. The van der Waals surface area contributed by atoms with Crippen LogP contribution in [0.5, 0.6) is 0 Å². The van der Waals surface area contributed by atoms with Gasteiger partial charge in [0, 0.05) is 24.4 Å². The Balaban J connectivity index is 2.26. The molecule has 1 fully saturated rings. The molecular formula is C13H11ClO5. The number of carbonyl (C=O) groups is 3. The number of carbonyl (C=O) groups excluding carboxylic acids is 3. The van der Waals surface area contributed by atoms with Crippen molar-refractivity contribution in [3.63, 3.8) is 0 Å². The van der Waals surface area contributed by atoms with Crippen LogP contribution in [0.3, 0.4) is 0 Å². The second-order valence-electron chi connectivity index (χ2n) is 4.55. The quantitative estimate of drug-likeness (QED) is 0.471. The van der Waals surface area contributed by atoms with E-state index in [9.17, 15) is 14.4 Å². The van der Waals surface area contributed by atoms with Crippen molar-refractivity contribution in [1.82, 2.24) is 0 Å². The zero-order valence-electron chi connectivity index (χ0n) is 10.3. The lowest BCUT2D eigenvalue weighted by Crippen LogP contribution is -2.49. The number of cyclic esters (lactones) is 2. The SMILES string of the molecule is CC1(C)OC(=O)C(C(=O)c2ccc(Cl)cc2)C(=O)O1. The minimum atomic E-state index is -1.57. The van der Waals surface area contributed by atoms with Gasteiger partial charge in [-0.15, -0.1) is 0 Å². The molecule has 0 N–H and O–H groups in total. The lowest BCUT2D eigenvalue weighted by molar-refractivity contribution is -0.236. The summed E-state index contributed by atoms with van der Waals surface area (Å²) < 4.78 is 9.79. The van der Waals surface area contributed by atoms with Gasteiger partial charge >= 0.3 is 11.9 Å². The number of benzene rings is 1. The molecule has 1 saturated heterocycles. The monoisotopic (exact) mass is 282 g/mol. The Labute approximate surface area is 114 Å². The Morgan fingerprint density at radius 1 is 1.11 bits per heavy atom. The molecule has 0 spiro atoms. The normalized spacial score (nSPS) is 18.7. The molecule has 19 heavy (non-hydrogen) atoms. The third kappa shape index (κ3) is 2.76. The van der Waals surface area contributed by atoms with Crippen LogP contribution in [-0.2, 0) is 19.1 Å². The molecule has 1 aliphatic rings. The molecule has 5 nitrogen and oxygen atoms in total. The predicted octanol–water partition coefficient (Wildman–Crippen LogP) is 1.97. The fourth-order valence-electron chi connectivity index (χ4n) is 1.71. The van der Waals surface area contributed by atoms with Gasteiger partial charge in [0.1, 0.15) is 0 Å². The van der Waals surface area contributed by atoms with Gasteiger partial charge in [0.05, 0.1) is 0 Å². The number of rotatable bonds is 2. The van der Waals surface area contributed by atoms with Gasteiger partial charge in [-0.2, -0.15) is 0 Å². The minimum absolute atomic E-state index is 0.197. The Bertz CT molecular complexity index is 527. The lowest BCUT2D eigenvalue weighted by Gasteiger charge is -2.32. The molecule has 1 heterocycles. The van der Waals surface area contributed by atoms with Crippen LogP contribution >= 0.6 is 11.6 Å². The third-order valence-corrected chi connectivity index (χ3v) is 2.81. The Kier molecular flexibility index (Phi) is 3.32. The second-order valence-corrected chi connectivity index (χ2v) is 4.98. The Morgan fingerprint density at radius 3 is 2.05 bits per heavy atom. The van der Waals surface area contributed by atoms with E-state index in [2.05, 4.69) is 0 Å². The van der Waals surface area contributed by atoms with Crippen molar-refractivity contribution in [3.05, 3.63) is 34.9 Å². The van der Waals surface area contributed by atoms with Crippen LogP contribution < -0.4 is 0 Å². The molecule has 0 saturated carbocycles. The van der Waals surface area contributed by atoms with E-state index in [1.807, 2.05) is 0 Å². The highest BCUT2D eigenvalue weighted by atomic mass is 35.5. The van der Waals surface area contributed by atoms with Crippen LogP contribution in [-0.4, -0.2) is 23.5 Å². The zero-order valence-corrected chi connectivity index (χ0v) is 11.1. The Morgan fingerprint density at radius 2 is 1.58 bits per heavy atom. The highest BCUT2D eigenvalue weighted by molar-refractivity contribution is 6.30. The fraction of sp³-hybridized carbons (Fsp3) is 0.308. The van der Waals surface area contributed by atoms with E-state index < -0.39 is 29.4 Å². The fourth-order valence-corrected chi connectivity index (χ4v) is 1.84. The summed E-state index contributed by atoms with van der Waals surface area (Å²) in [5.41, 5.74) is 0.197. The molecule has 100 valence electrons. The number of Topliss-reactive ketones (excluding diaryl/α,β-unsaturated/α-hetero) is 1. The standard InChI is InChI=1S/C13H11ClO5/c1-13(2)18-11(16)9(12(17)19-13)10(15)7-3-5-8(14)6-4-7/h3-6,9H,1-2H3. The van der Waals surface area contributed by atoms with Gasteiger partial charge in [0.2, 0.25) is 5.92 Å². The van der Waals surface area contributed by atoms with Crippen molar-refractivity contribution >= 4 is 29.3 Å². The average molecular weight is 283 g/mol.